The quantitative estimate of drug-likeness (QED) is 0.503. The second kappa shape index (κ2) is 3.77. The summed E-state index contributed by atoms with van der Waals surface area (Å²) in [5.41, 5.74) is -0.213. The molecule has 1 N–H and O–H groups in total. The minimum atomic E-state index is -2.88. The SMILES string of the molecule is CC1CS(=O)(=O)CCN1C(=N)C(C)(C)C. The highest BCUT2D eigenvalue weighted by Crippen LogP contribution is 2.22. The Morgan fingerprint density at radius 1 is 1.40 bits per heavy atom. The molecule has 1 heterocycles. The molecule has 1 atom stereocenters. The van der Waals surface area contributed by atoms with Crippen LogP contribution in [0.4, 0.5) is 0 Å². The first-order valence-corrected chi connectivity index (χ1v) is 7.02. The van der Waals surface area contributed by atoms with Crippen LogP contribution in [0.3, 0.4) is 0 Å². The number of sulfone groups is 1. The lowest BCUT2D eigenvalue weighted by molar-refractivity contribution is 0.315. The van der Waals surface area contributed by atoms with E-state index in [1.165, 1.54) is 0 Å². The van der Waals surface area contributed by atoms with Crippen LogP contribution >= 0.6 is 0 Å². The minimum absolute atomic E-state index is 0.0736. The molecule has 1 aliphatic rings. The highest BCUT2D eigenvalue weighted by atomic mass is 32.2. The molecule has 0 radical (unpaired) electrons. The molecule has 1 saturated heterocycles. The van der Waals surface area contributed by atoms with E-state index in [1.807, 2.05) is 32.6 Å². The van der Waals surface area contributed by atoms with Crippen LogP contribution in [0.2, 0.25) is 0 Å². The molecule has 0 aromatic carbocycles. The summed E-state index contributed by atoms with van der Waals surface area (Å²) < 4.78 is 22.8. The van der Waals surface area contributed by atoms with Crippen molar-refractivity contribution in [1.82, 2.24) is 4.90 Å². The van der Waals surface area contributed by atoms with Gasteiger partial charge in [0.15, 0.2) is 9.84 Å². The fourth-order valence-corrected chi connectivity index (χ4v) is 3.32. The van der Waals surface area contributed by atoms with E-state index in [9.17, 15) is 8.42 Å². The molecule has 1 rings (SSSR count). The number of amidine groups is 1. The Hall–Kier alpha value is -0.580. The predicted molar refractivity (Wildman–Crippen MR) is 62.0 cm³/mol. The van der Waals surface area contributed by atoms with Crippen molar-refractivity contribution in [2.75, 3.05) is 18.1 Å². The van der Waals surface area contributed by atoms with E-state index in [4.69, 9.17) is 5.41 Å². The largest absolute Gasteiger partial charge is 0.355 e. The Balaban J connectivity index is 2.80. The molecule has 0 saturated carbocycles. The van der Waals surface area contributed by atoms with Gasteiger partial charge in [-0.05, 0) is 6.92 Å². The van der Waals surface area contributed by atoms with Crippen LogP contribution in [-0.2, 0) is 9.84 Å². The molecule has 0 aliphatic carbocycles. The Bertz CT molecular complexity index is 354. The van der Waals surface area contributed by atoms with Crippen LogP contribution in [-0.4, -0.2) is 43.2 Å². The molecule has 0 aromatic rings. The van der Waals surface area contributed by atoms with Gasteiger partial charge in [0.25, 0.3) is 0 Å². The Labute approximate surface area is 92.1 Å². The zero-order valence-corrected chi connectivity index (χ0v) is 10.7. The molecule has 0 bridgehead atoms. The van der Waals surface area contributed by atoms with Gasteiger partial charge in [0.1, 0.15) is 5.84 Å². The second-order valence-electron chi connectivity index (χ2n) is 5.26. The van der Waals surface area contributed by atoms with Crippen LogP contribution in [0.5, 0.6) is 0 Å². The van der Waals surface area contributed by atoms with Gasteiger partial charge in [-0.15, -0.1) is 0 Å². The first-order chi connectivity index (χ1) is 6.63. The van der Waals surface area contributed by atoms with E-state index >= 15 is 0 Å². The van der Waals surface area contributed by atoms with Crippen molar-refractivity contribution < 1.29 is 8.42 Å². The highest BCUT2D eigenvalue weighted by molar-refractivity contribution is 7.91. The zero-order chi connectivity index (χ0) is 11.9. The average Bonchev–Trinajstić information content (AvgIpc) is 1.99. The van der Waals surface area contributed by atoms with Crippen LogP contribution in [0, 0.1) is 10.8 Å². The summed E-state index contributed by atoms with van der Waals surface area (Å²) in [6.07, 6.45) is 0. The van der Waals surface area contributed by atoms with Crippen molar-refractivity contribution in [3.8, 4) is 0 Å². The number of hydrogen-bond acceptors (Lipinski definition) is 3. The van der Waals surface area contributed by atoms with Crippen molar-refractivity contribution in [2.45, 2.75) is 33.7 Å². The van der Waals surface area contributed by atoms with E-state index in [0.29, 0.717) is 12.4 Å². The monoisotopic (exact) mass is 232 g/mol. The standard InChI is InChI=1S/C10H20N2O2S/c1-8-7-15(13,14)6-5-12(8)9(11)10(2,3)4/h8,11H,5-7H2,1-4H3. The van der Waals surface area contributed by atoms with Gasteiger partial charge in [0.2, 0.25) is 0 Å². The van der Waals surface area contributed by atoms with Crippen molar-refractivity contribution in [3.05, 3.63) is 0 Å². The Morgan fingerprint density at radius 3 is 2.33 bits per heavy atom. The average molecular weight is 232 g/mol. The third-order valence-electron chi connectivity index (χ3n) is 2.67. The maximum atomic E-state index is 11.4. The zero-order valence-electron chi connectivity index (χ0n) is 9.87. The molecule has 1 fully saturated rings. The third kappa shape index (κ3) is 2.93. The van der Waals surface area contributed by atoms with Crippen molar-refractivity contribution >= 4 is 15.7 Å². The van der Waals surface area contributed by atoms with Crippen LogP contribution < -0.4 is 0 Å². The lowest BCUT2D eigenvalue weighted by Gasteiger charge is -2.39. The molecular weight excluding hydrogens is 212 g/mol. The summed E-state index contributed by atoms with van der Waals surface area (Å²) in [5.74, 6) is 0.881. The lowest BCUT2D eigenvalue weighted by atomic mass is 9.93. The molecule has 1 aliphatic heterocycles. The smallest absolute Gasteiger partial charge is 0.154 e. The van der Waals surface area contributed by atoms with Crippen LogP contribution in [0.15, 0.2) is 0 Å². The summed E-state index contributed by atoms with van der Waals surface area (Å²) >= 11 is 0. The van der Waals surface area contributed by atoms with Crippen molar-refractivity contribution in [3.63, 3.8) is 0 Å². The van der Waals surface area contributed by atoms with Gasteiger partial charge in [-0.3, -0.25) is 5.41 Å². The lowest BCUT2D eigenvalue weighted by Crippen LogP contribution is -2.52. The number of rotatable bonds is 0. The maximum absolute atomic E-state index is 11.4. The van der Waals surface area contributed by atoms with Crippen LogP contribution in [0.25, 0.3) is 0 Å². The molecule has 4 nitrogen and oxygen atoms in total. The second-order valence-corrected chi connectivity index (χ2v) is 7.48. The Morgan fingerprint density at radius 2 is 1.93 bits per heavy atom. The number of hydrogen-bond donors (Lipinski definition) is 1. The fourth-order valence-electron chi connectivity index (χ4n) is 1.76. The first kappa shape index (κ1) is 12.5. The van der Waals surface area contributed by atoms with Gasteiger partial charge in [-0.2, -0.15) is 0 Å². The summed E-state index contributed by atoms with van der Waals surface area (Å²) in [6, 6.07) is -0.0736. The van der Waals surface area contributed by atoms with Gasteiger partial charge in [-0.1, -0.05) is 20.8 Å². The summed E-state index contributed by atoms with van der Waals surface area (Å²) in [6.45, 7) is 8.26. The summed E-state index contributed by atoms with van der Waals surface area (Å²) in [7, 11) is -2.88. The molecule has 1 unspecified atom stereocenters. The number of nitrogens with one attached hydrogen (secondary N) is 1. The van der Waals surface area contributed by atoms with Gasteiger partial charge in [0.05, 0.1) is 11.5 Å². The van der Waals surface area contributed by atoms with E-state index in [0.717, 1.165) is 0 Å². The topological polar surface area (TPSA) is 61.2 Å². The number of nitrogens with zero attached hydrogens (tertiary/aromatic N) is 1. The molecule has 0 aromatic heterocycles. The summed E-state index contributed by atoms with van der Waals surface area (Å²) in [5, 5.41) is 8.03. The normalized spacial score (nSPS) is 26.4. The molecular formula is C10H20N2O2S. The first-order valence-electron chi connectivity index (χ1n) is 5.19. The van der Waals surface area contributed by atoms with Gasteiger partial charge in [0, 0.05) is 18.0 Å². The predicted octanol–water partition coefficient (Wildman–Crippen LogP) is 1.13. The van der Waals surface area contributed by atoms with Gasteiger partial charge in [-0.25, -0.2) is 8.42 Å². The molecule has 15 heavy (non-hydrogen) atoms. The highest BCUT2D eigenvalue weighted by Gasteiger charge is 2.33. The van der Waals surface area contributed by atoms with Crippen LogP contribution in [0.1, 0.15) is 27.7 Å². The van der Waals surface area contributed by atoms with Gasteiger partial charge >= 0.3 is 0 Å². The van der Waals surface area contributed by atoms with E-state index in [-0.39, 0.29) is 23.0 Å². The minimum Gasteiger partial charge on any atom is -0.355 e. The molecule has 0 amide bonds. The van der Waals surface area contributed by atoms with Crippen molar-refractivity contribution in [1.29, 1.82) is 5.41 Å². The van der Waals surface area contributed by atoms with E-state index < -0.39 is 9.84 Å². The fraction of sp³-hybridized carbons (Fsp3) is 0.900. The van der Waals surface area contributed by atoms with Crippen molar-refractivity contribution in [2.24, 2.45) is 5.41 Å². The Kier molecular flexibility index (Phi) is 3.14. The molecule has 5 heteroatoms. The molecule has 0 spiro atoms. The maximum Gasteiger partial charge on any atom is 0.154 e. The third-order valence-corrected chi connectivity index (χ3v) is 4.46. The van der Waals surface area contributed by atoms with E-state index in [2.05, 4.69) is 0 Å². The molecule has 88 valence electrons. The summed E-state index contributed by atoms with van der Waals surface area (Å²) in [4.78, 5) is 1.90. The van der Waals surface area contributed by atoms with E-state index in [1.54, 1.807) is 0 Å². The van der Waals surface area contributed by atoms with Gasteiger partial charge < -0.3 is 4.90 Å².